The molecule has 3 nitrogen and oxygen atoms in total. The average Bonchev–Trinajstić information content (AvgIpc) is 2.46. The van der Waals surface area contributed by atoms with Crippen LogP contribution >= 0.6 is 11.3 Å². The molecule has 1 unspecified atom stereocenters. The Morgan fingerprint density at radius 1 is 1.77 bits per heavy atom. The standard InChI is InChI=1S/C9H13NO2S/c1-3-7(9(11)12)4-8-5-13-6(2)10-8/h5,7H,3-4H2,1-2H3,(H,11,12). The highest BCUT2D eigenvalue weighted by atomic mass is 32.1. The van der Waals surface area contributed by atoms with Gasteiger partial charge in [0.2, 0.25) is 0 Å². The summed E-state index contributed by atoms with van der Waals surface area (Å²) >= 11 is 1.56. The van der Waals surface area contributed by atoms with Crippen LogP contribution in [0.3, 0.4) is 0 Å². The lowest BCUT2D eigenvalue weighted by molar-refractivity contribution is -0.141. The van der Waals surface area contributed by atoms with Crippen molar-refractivity contribution in [3.8, 4) is 0 Å². The fourth-order valence-electron chi connectivity index (χ4n) is 1.16. The zero-order chi connectivity index (χ0) is 9.84. The fourth-order valence-corrected chi connectivity index (χ4v) is 1.79. The molecular weight excluding hydrogens is 186 g/mol. The topological polar surface area (TPSA) is 50.2 Å². The molecule has 1 aromatic heterocycles. The van der Waals surface area contributed by atoms with Crippen LogP contribution in [0.15, 0.2) is 5.38 Å². The molecule has 0 saturated heterocycles. The van der Waals surface area contributed by atoms with Crippen molar-refractivity contribution < 1.29 is 9.90 Å². The van der Waals surface area contributed by atoms with E-state index >= 15 is 0 Å². The Kier molecular flexibility index (Phi) is 3.42. The van der Waals surface area contributed by atoms with Gasteiger partial charge in [0.05, 0.1) is 16.6 Å². The second kappa shape index (κ2) is 4.37. The highest BCUT2D eigenvalue weighted by Crippen LogP contribution is 2.15. The number of carbonyl (C=O) groups is 1. The minimum absolute atomic E-state index is 0.290. The Bertz CT molecular complexity index is 296. The lowest BCUT2D eigenvalue weighted by atomic mass is 10.0. The summed E-state index contributed by atoms with van der Waals surface area (Å²) in [4.78, 5) is 15.0. The zero-order valence-electron chi connectivity index (χ0n) is 7.78. The van der Waals surface area contributed by atoms with Crippen LogP contribution in [0.2, 0.25) is 0 Å². The van der Waals surface area contributed by atoms with E-state index in [4.69, 9.17) is 5.11 Å². The second-order valence-corrected chi connectivity index (χ2v) is 4.07. The van der Waals surface area contributed by atoms with Crippen molar-refractivity contribution in [2.24, 2.45) is 5.92 Å². The Hall–Kier alpha value is -0.900. The normalized spacial score (nSPS) is 12.8. The third-order valence-corrected chi connectivity index (χ3v) is 2.79. The third-order valence-electron chi connectivity index (χ3n) is 1.96. The number of hydrogen-bond donors (Lipinski definition) is 1. The Balaban J connectivity index is 2.61. The van der Waals surface area contributed by atoms with E-state index < -0.39 is 5.97 Å². The summed E-state index contributed by atoms with van der Waals surface area (Å²) in [5, 5.41) is 11.7. The SMILES string of the molecule is CCC(Cc1csc(C)n1)C(=O)O. The number of thiazole rings is 1. The summed E-state index contributed by atoms with van der Waals surface area (Å²) in [6, 6.07) is 0. The molecule has 0 bridgehead atoms. The monoisotopic (exact) mass is 199 g/mol. The van der Waals surface area contributed by atoms with Crippen LogP contribution in [-0.2, 0) is 11.2 Å². The number of carboxylic acids is 1. The van der Waals surface area contributed by atoms with Gasteiger partial charge in [0.15, 0.2) is 0 Å². The Labute approximate surface area is 81.4 Å². The minimum Gasteiger partial charge on any atom is -0.481 e. The molecule has 1 atom stereocenters. The lowest BCUT2D eigenvalue weighted by Crippen LogP contribution is -2.15. The maximum atomic E-state index is 10.7. The Morgan fingerprint density at radius 3 is 2.85 bits per heavy atom. The molecule has 1 N–H and O–H groups in total. The number of hydrogen-bond acceptors (Lipinski definition) is 3. The van der Waals surface area contributed by atoms with Crippen LogP contribution < -0.4 is 0 Å². The second-order valence-electron chi connectivity index (χ2n) is 3.01. The van der Waals surface area contributed by atoms with Crippen molar-refractivity contribution in [2.75, 3.05) is 0 Å². The van der Waals surface area contributed by atoms with Crippen molar-refractivity contribution in [1.82, 2.24) is 4.98 Å². The van der Waals surface area contributed by atoms with Gasteiger partial charge < -0.3 is 5.11 Å². The number of aromatic nitrogens is 1. The average molecular weight is 199 g/mol. The van der Waals surface area contributed by atoms with Crippen LogP contribution in [0.5, 0.6) is 0 Å². The fraction of sp³-hybridized carbons (Fsp3) is 0.556. The largest absolute Gasteiger partial charge is 0.481 e. The van der Waals surface area contributed by atoms with Gasteiger partial charge in [0.25, 0.3) is 0 Å². The lowest BCUT2D eigenvalue weighted by Gasteiger charge is -2.06. The highest BCUT2D eigenvalue weighted by Gasteiger charge is 2.16. The number of aryl methyl sites for hydroxylation is 1. The molecule has 0 fully saturated rings. The molecule has 0 aliphatic carbocycles. The molecule has 0 amide bonds. The van der Waals surface area contributed by atoms with E-state index in [0.717, 1.165) is 10.7 Å². The number of nitrogens with zero attached hydrogens (tertiary/aromatic N) is 1. The molecule has 0 aliphatic rings. The molecule has 72 valence electrons. The van der Waals surface area contributed by atoms with E-state index in [1.807, 2.05) is 19.2 Å². The molecule has 4 heteroatoms. The van der Waals surface area contributed by atoms with Crippen LogP contribution in [0.1, 0.15) is 24.0 Å². The van der Waals surface area contributed by atoms with Gasteiger partial charge in [-0.2, -0.15) is 0 Å². The van der Waals surface area contributed by atoms with Gasteiger partial charge in [-0.25, -0.2) is 4.98 Å². The maximum absolute atomic E-state index is 10.7. The first-order chi connectivity index (χ1) is 6.13. The quantitative estimate of drug-likeness (QED) is 0.808. The van der Waals surface area contributed by atoms with E-state index in [-0.39, 0.29) is 5.92 Å². The van der Waals surface area contributed by atoms with E-state index in [2.05, 4.69) is 4.98 Å². The zero-order valence-corrected chi connectivity index (χ0v) is 8.60. The van der Waals surface area contributed by atoms with Gasteiger partial charge in [-0.1, -0.05) is 6.92 Å². The van der Waals surface area contributed by atoms with E-state index in [1.165, 1.54) is 0 Å². The van der Waals surface area contributed by atoms with E-state index in [0.29, 0.717) is 12.8 Å². The molecule has 0 aliphatic heterocycles. The third kappa shape index (κ3) is 2.81. The summed E-state index contributed by atoms with van der Waals surface area (Å²) < 4.78 is 0. The summed E-state index contributed by atoms with van der Waals surface area (Å²) in [6.07, 6.45) is 1.21. The molecular formula is C9H13NO2S. The molecule has 1 heterocycles. The van der Waals surface area contributed by atoms with Crippen molar-refractivity contribution in [1.29, 1.82) is 0 Å². The van der Waals surface area contributed by atoms with Crippen molar-refractivity contribution in [3.05, 3.63) is 16.1 Å². The minimum atomic E-state index is -0.729. The molecule has 0 aromatic carbocycles. The maximum Gasteiger partial charge on any atom is 0.306 e. The van der Waals surface area contributed by atoms with Gasteiger partial charge >= 0.3 is 5.97 Å². The van der Waals surface area contributed by atoms with Crippen molar-refractivity contribution >= 4 is 17.3 Å². The van der Waals surface area contributed by atoms with Gasteiger partial charge in [-0.15, -0.1) is 11.3 Å². The summed E-state index contributed by atoms with van der Waals surface area (Å²) in [7, 11) is 0. The number of rotatable bonds is 4. The predicted octanol–water partition coefficient (Wildman–Crippen LogP) is 2.10. The molecule has 0 radical (unpaired) electrons. The van der Waals surface area contributed by atoms with Crippen LogP contribution in [-0.4, -0.2) is 16.1 Å². The summed E-state index contributed by atoms with van der Waals surface area (Å²) in [6.45, 7) is 3.81. The first kappa shape index (κ1) is 10.2. The van der Waals surface area contributed by atoms with Crippen molar-refractivity contribution in [2.45, 2.75) is 26.7 Å². The predicted molar refractivity (Wildman–Crippen MR) is 52.0 cm³/mol. The highest BCUT2D eigenvalue weighted by molar-refractivity contribution is 7.09. The van der Waals surface area contributed by atoms with E-state index in [9.17, 15) is 4.79 Å². The Morgan fingerprint density at radius 2 is 2.46 bits per heavy atom. The molecule has 1 aromatic rings. The molecule has 1 rings (SSSR count). The first-order valence-electron chi connectivity index (χ1n) is 4.27. The van der Waals surface area contributed by atoms with Gasteiger partial charge in [-0.05, 0) is 13.3 Å². The van der Waals surface area contributed by atoms with Crippen LogP contribution in [0.25, 0.3) is 0 Å². The molecule has 0 saturated carbocycles. The van der Waals surface area contributed by atoms with Gasteiger partial charge in [0, 0.05) is 11.8 Å². The van der Waals surface area contributed by atoms with Crippen LogP contribution in [0, 0.1) is 12.8 Å². The number of aliphatic carboxylic acids is 1. The number of carboxylic acid groups (broad SMARTS) is 1. The smallest absolute Gasteiger partial charge is 0.306 e. The van der Waals surface area contributed by atoms with Crippen LogP contribution in [0.4, 0.5) is 0 Å². The molecule has 13 heavy (non-hydrogen) atoms. The van der Waals surface area contributed by atoms with Crippen molar-refractivity contribution in [3.63, 3.8) is 0 Å². The molecule has 0 spiro atoms. The summed E-state index contributed by atoms with van der Waals surface area (Å²) in [5.74, 6) is -1.02. The summed E-state index contributed by atoms with van der Waals surface area (Å²) in [5.41, 5.74) is 0.900. The van der Waals surface area contributed by atoms with Gasteiger partial charge in [0.1, 0.15) is 0 Å². The first-order valence-corrected chi connectivity index (χ1v) is 5.15. The van der Waals surface area contributed by atoms with E-state index in [1.54, 1.807) is 11.3 Å². The van der Waals surface area contributed by atoms with Gasteiger partial charge in [-0.3, -0.25) is 4.79 Å².